The predicted molar refractivity (Wildman–Crippen MR) is 106 cm³/mol. The minimum atomic E-state index is -3.94. The summed E-state index contributed by atoms with van der Waals surface area (Å²) in [6.07, 6.45) is 0. The van der Waals surface area contributed by atoms with Crippen LogP contribution in [-0.2, 0) is 16.6 Å². The third kappa shape index (κ3) is 3.42. The maximum absolute atomic E-state index is 13.1. The van der Waals surface area contributed by atoms with Crippen molar-refractivity contribution in [1.82, 2.24) is 9.21 Å². The molecule has 1 aliphatic rings. The smallest absolute Gasteiger partial charge is 0.269 e. The fourth-order valence-corrected chi connectivity index (χ4v) is 5.12. The first-order chi connectivity index (χ1) is 13.1. The molecule has 1 heterocycles. The summed E-state index contributed by atoms with van der Waals surface area (Å²) in [6, 6.07) is 13.3. The number of hydrogen-bond donors (Lipinski definition) is 0. The van der Waals surface area contributed by atoms with E-state index >= 15 is 0 Å². The van der Waals surface area contributed by atoms with Crippen molar-refractivity contribution in [1.29, 1.82) is 0 Å². The highest BCUT2D eigenvalue weighted by atomic mass is 32.2. The van der Waals surface area contributed by atoms with Gasteiger partial charge in [0.25, 0.3) is 21.8 Å². The number of carbonyl (C=O) groups is 2. The van der Waals surface area contributed by atoms with Crippen molar-refractivity contribution in [2.45, 2.75) is 51.2 Å². The van der Waals surface area contributed by atoms with E-state index in [-0.39, 0.29) is 28.0 Å². The Hall–Kier alpha value is -2.67. The minimum Gasteiger partial charge on any atom is -0.332 e. The van der Waals surface area contributed by atoms with Crippen LogP contribution in [0.25, 0.3) is 0 Å². The average Bonchev–Trinajstić information content (AvgIpc) is 2.85. The molecule has 6 nitrogen and oxygen atoms in total. The number of rotatable bonds is 5. The topological polar surface area (TPSA) is 74.8 Å². The van der Waals surface area contributed by atoms with Crippen molar-refractivity contribution in [3.8, 4) is 0 Å². The molecule has 0 bridgehead atoms. The lowest BCUT2D eigenvalue weighted by atomic mass is 10.1. The van der Waals surface area contributed by atoms with Gasteiger partial charge in [-0.15, -0.1) is 0 Å². The molecule has 0 fully saturated rings. The first-order valence-electron chi connectivity index (χ1n) is 9.22. The Morgan fingerprint density at radius 1 is 1.04 bits per heavy atom. The van der Waals surface area contributed by atoms with Crippen LogP contribution < -0.4 is 0 Å². The monoisotopic (exact) mass is 400 g/mol. The van der Waals surface area contributed by atoms with Crippen LogP contribution in [0.15, 0.2) is 53.4 Å². The van der Waals surface area contributed by atoms with Gasteiger partial charge >= 0.3 is 0 Å². The summed E-state index contributed by atoms with van der Waals surface area (Å²) >= 11 is 0. The molecule has 3 rings (SSSR count). The van der Waals surface area contributed by atoms with Gasteiger partial charge < -0.3 is 4.90 Å². The molecule has 148 valence electrons. The number of fused-ring (bicyclic) bond motifs is 1. The molecular weight excluding hydrogens is 376 g/mol. The van der Waals surface area contributed by atoms with Gasteiger partial charge in [-0.05, 0) is 51.5 Å². The molecule has 2 aromatic carbocycles. The van der Waals surface area contributed by atoms with E-state index in [0.29, 0.717) is 6.54 Å². The van der Waals surface area contributed by atoms with Crippen molar-refractivity contribution in [2.24, 2.45) is 0 Å². The summed E-state index contributed by atoms with van der Waals surface area (Å²) in [5.41, 5.74) is 1.36. The van der Waals surface area contributed by atoms with Gasteiger partial charge in [0, 0.05) is 24.2 Å². The van der Waals surface area contributed by atoms with E-state index < -0.39 is 22.0 Å². The van der Waals surface area contributed by atoms with Gasteiger partial charge in [0.2, 0.25) is 0 Å². The second kappa shape index (κ2) is 7.39. The van der Waals surface area contributed by atoms with Crippen molar-refractivity contribution in [3.63, 3.8) is 0 Å². The van der Waals surface area contributed by atoms with E-state index in [1.807, 2.05) is 44.2 Å². The van der Waals surface area contributed by atoms with Gasteiger partial charge in [-0.2, -0.15) is 0 Å². The summed E-state index contributed by atoms with van der Waals surface area (Å²) in [4.78, 5) is 27.2. The van der Waals surface area contributed by atoms with Crippen molar-refractivity contribution >= 4 is 21.8 Å². The lowest BCUT2D eigenvalue weighted by molar-refractivity contribution is 0.0689. The van der Waals surface area contributed by atoms with E-state index in [1.54, 1.807) is 18.7 Å². The maximum Gasteiger partial charge on any atom is 0.269 e. The fraction of sp³-hybridized carbons (Fsp3) is 0.333. The number of hydrogen-bond acceptors (Lipinski definition) is 4. The van der Waals surface area contributed by atoms with Crippen LogP contribution in [0.5, 0.6) is 0 Å². The van der Waals surface area contributed by atoms with Crippen LogP contribution in [0.3, 0.4) is 0 Å². The molecule has 0 spiro atoms. The van der Waals surface area contributed by atoms with E-state index in [0.717, 1.165) is 9.87 Å². The summed E-state index contributed by atoms with van der Waals surface area (Å²) in [5.74, 6) is -0.818. The number of benzene rings is 2. The summed E-state index contributed by atoms with van der Waals surface area (Å²) in [7, 11) is -3.94. The van der Waals surface area contributed by atoms with Gasteiger partial charge in [0.15, 0.2) is 0 Å². The molecule has 7 heteroatoms. The standard InChI is InChI=1S/C21H24N2O4S/c1-14(2)22(13-16-8-6-5-7-9-16)20(24)17-10-11-18-19(12-17)28(26,27)23(15(3)4)21(18)25/h5-12,14-15H,13H2,1-4H3. The first kappa shape index (κ1) is 20.1. The lowest BCUT2D eigenvalue weighted by Gasteiger charge is -2.27. The molecule has 28 heavy (non-hydrogen) atoms. The SMILES string of the molecule is CC(C)N(Cc1ccccc1)C(=O)c1ccc2c(c1)S(=O)(=O)N(C(C)C)C2=O. The Morgan fingerprint density at radius 2 is 1.68 bits per heavy atom. The van der Waals surface area contributed by atoms with E-state index in [4.69, 9.17) is 0 Å². The summed E-state index contributed by atoms with van der Waals surface area (Å²) in [6.45, 7) is 7.53. The molecule has 2 amide bonds. The zero-order valence-electron chi connectivity index (χ0n) is 16.4. The Balaban J connectivity index is 1.98. The highest BCUT2D eigenvalue weighted by Crippen LogP contribution is 2.33. The van der Waals surface area contributed by atoms with Crippen LogP contribution >= 0.6 is 0 Å². The third-order valence-electron chi connectivity index (χ3n) is 4.74. The quantitative estimate of drug-likeness (QED) is 0.772. The normalized spacial score (nSPS) is 15.2. The molecule has 0 saturated heterocycles. The van der Waals surface area contributed by atoms with Gasteiger partial charge in [-0.1, -0.05) is 30.3 Å². The van der Waals surface area contributed by atoms with Crippen LogP contribution in [0.1, 0.15) is 54.0 Å². The second-order valence-corrected chi connectivity index (χ2v) is 9.21. The Labute approximate surface area is 165 Å². The first-order valence-corrected chi connectivity index (χ1v) is 10.7. The predicted octanol–water partition coefficient (Wildman–Crippen LogP) is 3.29. The van der Waals surface area contributed by atoms with Crippen molar-refractivity contribution < 1.29 is 18.0 Å². The van der Waals surface area contributed by atoms with Crippen LogP contribution in [0.2, 0.25) is 0 Å². The molecule has 0 aliphatic carbocycles. The average molecular weight is 401 g/mol. The number of amides is 2. The van der Waals surface area contributed by atoms with Crippen LogP contribution in [0.4, 0.5) is 0 Å². The zero-order valence-corrected chi connectivity index (χ0v) is 17.2. The number of nitrogens with zero attached hydrogens (tertiary/aromatic N) is 2. The van der Waals surface area contributed by atoms with E-state index in [1.165, 1.54) is 18.2 Å². The highest BCUT2D eigenvalue weighted by Gasteiger charge is 2.43. The molecule has 0 saturated carbocycles. The molecule has 0 radical (unpaired) electrons. The highest BCUT2D eigenvalue weighted by molar-refractivity contribution is 7.90. The molecule has 2 aromatic rings. The second-order valence-electron chi connectivity index (χ2n) is 7.42. The van der Waals surface area contributed by atoms with E-state index in [9.17, 15) is 18.0 Å². The largest absolute Gasteiger partial charge is 0.332 e. The van der Waals surface area contributed by atoms with Gasteiger partial charge in [0.05, 0.1) is 5.56 Å². The van der Waals surface area contributed by atoms with Crippen molar-refractivity contribution in [2.75, 3.05) is 0 Å². The van der Waals surface area contributed by atoms with Gasteiger partial charge in [0.1, 0.15) is 4.90 Å². The Bertz CT molecular complexity index is 1010. The number of sulfonamides is 1. The molecule has 0 aromatic heterocycles. The summed E-state index contributed by atoms with van der Waals surface area (Å²) in [5, 5.41) is 0. The minimum absolute atomic E-state index is 0.0774. The summed E-state index contributed by atoms with van der Waals surface area (Å²) < 4.78 is 26.4. The Kier molecular flexibility index (Phi) is 5.30. The van der Waals surface area contributed by atoms with Crippen LogP contribution in [-0.4, -0.2) is 41.5 Å². The third-order valence-corrected chi connectivity index (χ3v) is 6.74. The molecular formula is C21H24N2O4S. The molecule has 0 N–H and O–H groups in total. The fourth-order valence-electron chi connectivity index (χ4n) is 3.33. The Morgan fingerprint density at radius 3 is 2.25 bits per heavy atom. The van der Waals surface area contributed by atoms with Gasteiger partial charge in [-0.25, -0.2) is 12.7 Å². The van der Waals surface area contributed by atoms with Crippen LogP contribution in [0, 0.1) is 0 Å². The van der Waals surface area contributed by atoms with Crippen molar-refractivity contribution in [3.05, 3.63) is 65.2 Å². The number of carbonyl (C=O) groups excluding carboxylic acids is 2. The van der Waals surface area contributed by atoms with Gasteiger partial charge in [-0.3, -0.25) is 9.59 Å². The molecule has 1 aliphatic heterocycles. The molecule has 0 atom stereocenters. The molecule has 0 unspecified atom stereocenters. The van der Waals surface area contributed by atoms with E-state index in [2.05, 4.69) is 0 Å². The lowest BCUT2D eigenvalue weighted by Crippen LogP contribution is -2.36. The maximum atomic E-state index is 13.1. The zero-order chi connectivity index (χ0) is 20.6.